The zero-order valence-corrected chi connectivity index (χ0v) is 8.25. The Kier molecular flexibility index (Phi) is 4.70. The second-order valence-corrected chi connectivity index (χ2v) is 3.16. The van der Waals surface area contributed by atoms with Crippen LogP contribution in [-0.2, 0) is 0 Å². The SMILES string of the molecule is O=[N+]([O-])/C(C(Cl)=C(Cl)Cl)=C(\O)Cl. The zero-order chi connectivity index (χ0) is 9.89. The minimum Gasteiger partial charge on any atom is -0.494 e. The summed E-state index contributed by atoms with van der Waals surface area (Å²) in [7, 11) is 0. The third kappa shape index (κ3) is 3.06. The summed E-state index contributed by atoms with van der Waals surface area (Å²) in [5.74, 6) is 0. The maximum atomic E-state index is 10.2. The molecule has 0 fully saturated rings. The van der Waals surface area contributed by atoms with Crippen LogP contribution in [0.15, 0.2) is 20.4 Å². The van der Waals surface area contributed by atoms with Crippen molar-refractivity contribution < 1.29 is 10.0 Å². The maximum absolute atomic E-state index is 10.2. The molecule has 0 saturated heterocycles. The van der Waals surface area contributed by atoms with Gasteiger partial charge in [-0.05, 0) is 11.6 Å². The fourth-order valence-electron chi connectivity index (χ4n) is 0.336. The van der Waals surface area contributed by atoms with E-state index in [9.17, 15) is 10.1 Å². The van der Waals surface area contributed by atoms with Crippen molar-refractivity contribution in [2.24, 2.45) is 0 Å². The highest BCUT2D eigenvalue weighted by Gasteiger charge is 2.23. The van der Waals surface area contributed by atoms with Crippen LogP contribution >= 0.6 is 46.4 Å². The number of nitrogens with zero attached hydrogens (tertiary/aromatic N) is 1. The molecule has 0 heterocycles. The number of allylic oxidation sites excluding steroid dienone is 1. The van der Waals surface area contributed by atoms with Crippen LogP contribution < -0.4 is 0 Å². The number of hydrogen-bond donors (Lipinski definition) is 1. The smallest absolute Gasteiger partial charge is 0.343 e. The second-order valence-electron chi connectivity index (χ2n) is 1.47. The third-order valence-electron chi connectivity index (χ3n) is 0.752. The van der Waals surface area contributed by atoms with Gasteiger partial charge in [-0.1, -0.05) is 34.8 Å². The van der Waals surface area contributed by atoms with Crippen LogP contribution in [0.25, 0.3) is 0 Å². The summed E-state index contributed by atoms with van der Waals surface area (Å²) in [5, 5.41) is 17.0. The lowest BCUT2D eigenvalue weighted by atomic mass is 10.5. The van der Waals surface area contributed by atoms with Crippen molar-refractivity contribution in [3.63, 3.8) is 0 Å². The van der Waals surface area contributed by atoms with Crippen molar-refractivity contribution in [1.82, 2.24) is 0 Å². The van der Waals surface area contributed by atoms with E-state index in [1.807, 2.05) is 0 Å². The van der Waals surface area contributed by atoms with E-state index in [4.69, 9.17) is 51.5 Å². The van der Waals surface area contributed by atoms with Crippen LogP contribution in [0.5, 0.6) is 0 Å². The Morgan fingerprint density at radius 3 is 1.75 bits per heavy atom. The van der Waals surface area contributed by atoms with Crippen molar-refractivity contribution >= 4 is 46.4 Å². The van der Waals surface area contributed by atoms with E-state index >= 15 is 0 Å². The summed E-state index contributed by atoms with van der Waals surface area (Å²) in [5.41, 5.74) is -0.932. The lowest BCUT2D eigenvalue weighted by Crippen LogP contribution is -2.01. The Bertz CT molecular complexity index is 263. The highest BCUT2D eigenvalue weighted by atomic mass is 35.5. The Morgan fingerprint density at radius 1 is 1.25 bits per heavy atom. The summed E-state index contributed by atoms with van der Waals surface area (Å²) in [6, 6.07) is 0. The molecule has 0 amide bonds. The van der Waals surface area contributed by atoms with Gasteiger partial charge in [-0.3, -0.25) is 10.1 Å². The molecule has 8 heteroatoms. The Hall–Kier alpha value is -0.160. The highest BCUT2D eigenvalue weighted by molar-refractivity contribution is 6.60. The van der Waals surface area contributed by atoms with Crippen LogP contribution in [0.4, 0.5) is 0 Å². The summed E-state index contributed by atoms with van der Waals surface area (Å²) < 4.78 is -0.546. The van der Waals surface area contributed by atoms with Gasteiger partial charge in [0, 0.05) is 0 Å². The maximum Gasteiger partial charge on any atom is 0.343 e. The van der Waals surface area contributed by atoms with Gasteiger partial charge in [0.2, 0.25) is 0 Å². The molecule has 0 spiro atoms. The Labute approximate surface area is 87.1 Å². The van der Waals surface area contributed by atoms with Crippen molar-refractivity contribution in [1.29, 1.82) is 0 Å². The molecule has 0 aromatic carbocycles. The molecule has 0 atom stereocenters. The predicted octanol–water partition coefficient (Wildman–Crippen LogP) is 3.11. The van der Waals surface area contributed by atoms with E-state index in [1.165, 1.54) is 0 Å². The molecular formula is C4HCl4NO3. The molecule has 0 unspecified atom stereocenters. The number of aliphatic hydroxyl groups is 1. The first-order chi connectivity index (χ1) is 5.37. The molecule has 1 N–H and O–H groups in total. The highest BCUT2D eigenvalue weighted by Crippen LogP contribution is 2.27. The average Bonchev–Trinajstić information content (AvgIpc) is 1.85. The van der Waals surface area contributed by atoms with Crippen LogP contribution in [-0.4, -0.2) is 10.0 Å². The van der Waals surface area contributed by atoms with Gasteiger partial charge in [0.15, 0.2) is 5.03 Å². The fraction of sp³-hybridized carbons (Fsp3) is 0. The first kappa shape index (κ1) is 11.8. The molecule has 0 aromatic rings. The molecule has 12 heavy (non-hydrogen) atoms. The lowest BCUT2D eigenvalue weighted by molar-refractivity contribution is -0.421. The van der Waals surface area contributed by atoms with Gasteiger partial charge in [0.25, 0.3) is 5.22 Å². The fourth-order valence-corrected chi connectivity index (χ4v) is 0.885. The number of nitro groups is 1. The van der Waals surface area contributed by atoms with Crippen molar-refractivity contribution in [2.75, 3.05) is 0 Å². The predicted molar refractivity (Wildman–Crippen MR) is 47.1 cm³/mol. The van der Waals surface area contributed by atoms with E-state index in [0.29, 0.717) is 0 Å². The molecule has 0 radical (unpaired) electrons. The van der Waals surface area contributed by atoms with E-state index in [1.54, 1.807) is 0 Å². The van der Waals surface area contributed by atoms with Crippen molar-refractivity contribution in [3.05, 3.63) is 30.6 Å². The number of aliphatic hydroxyl groups excluding tert-OH is 1. The molecule has 0 aliphatic carbocycles. The van der Waals surface area contributed by atoms with E-state index in [-0.39, 0.29) is 0 Å². The monoisotopic (exact) mass is 251 g/mol. The summed E-state index contributed by atoms with van der Waals surface area (Å²) in [6.07, 6.45) is 0. The lowest BCUT2D eigenvalue weighted by Gasteiger charge is -1.95. The van der Waals surface area contributed by atoms with E-state index < -0.39 is 25.4 Å². The molecule has 0 saturated carbocycles. The normalized spacial score (nSPS) is 12.0. The van der Waals surface area contributed by atoms with Gasteiger partial charge >= 0.3 is 5.70 Å². The molecule has 0 bridgehead atoms. The minimum atomic E-state index is -1.08. The topological polar surface area (TPSA) is 63.4 Å². The third-order valence-corrected chi connectivity index (χ3v) is 1.87. The number of rotatable bonds is 2. The first-order valence-electron chi connectivity index (χ1n) is 2.32. The molecule has 68 valence electrons. The Morgan fingerprint density at radius 2 is 1.67 bits per heavy atom. The molecule has 0 rings (SSSR count). The van der Waals surface area contributed by atoms with Gasteiger partial charge in [0.1, 0.15) is 4.49 Å². The van der Waals surface area contributed by atoms with Gasteiger partial charge < -0.3 is 5.11 Å². The van der Waals surface area contributed by atoms with Gasteiger partial charge in [-0.25, -0.2) is 0 Å². The van der Waals surface area contributed by atoms with Crippen LogP contribution in [0, 0.1) is 10.1 Å². The molecule has 0 aliphatic heterocycles. The number of halogens is 4. The average molecular weight is 253 g/mol. The molecule has 0 aromatic heterocycles. The van der Waals surface area contributed by atoms with E-state index in [0.717, 1.165) is 0 Å². The molecule has 0 aliphatic rings. The van der Waals surface area contributed by atoms with Crippen molar-refractivity contribution in [3.8, 4) is 0 Å². The summed E-state index contributed by atoms with van der Waals surface area (Å²) in [6.45, 7) is 0. The van der Waals surface area contributed by atoms with Crippen molar-refractivity contribution in [2.45, 2.75) is 0 Å². The van der Waals surface area contributed by atoms with Crippen LogP contribution in [0.3, 0.4) is 0 Å². The van der Waals surface area contributed by atoms with Crippen LogP contribution in [0.2, 0.25) is 0 Å². The Balaban J connectivity index is 5.21. The van der Waals surface area contributed by atoms with Gasteiger partial charge in [-0.2, -0.15) is 0 Å². The standard InChI is InChI=1S/C4HCl4NO3/c5-1(3(6)7)2(4(8)10)9(11)12/h10H/b4-2-. The van der Waals surface area contributed by atoms with Crippen LogP contribution in [0.1, 0.15) is 0 Å². The first-order valence-corrected chi connectivity index (χ1v) is 3.83. The quantitative estimate of drug-likeness (QED) is 0.356. The second kappa shape index (κ2) is 4.77. The number of hydrogen-bond acceptors (Lipinski definition) is 3. The minimum absolute atomic E-state index is 0.546. The largest absolute Gasteiger partial charge is 0.494 e. The van der Waals surface area contributed by atoms with E-state index in [2.05, 4.69) is 0 Å². The molecular weight excluding hydrogens is 252 g/mol. The van der Waals surface area contributed by atoms with Gasteiger partial charge in [-0.15, -0.1) is 0 Å². The molecule has 4 nitrogen and oxygen atoms in total. The van der Waals surface area contributed by atoms with Gasteiger partial charge in [0.05, 0.1) is 4.92 Å². The zero-order valence-electron chi connectivity index (χ0n) is 5.22. The summed E-state index contributed by atoms with van der Waals surface area (Å²) in [4.78, 5) is 9.15. The summed E-state index contributed by atoms with van der Waals surface area (Å²) >= 11 is 20.4.